The van der Waals surface area contributed by atoms with Gasteiger partial charge in [-0.2, -0.15) is 11.8 Å². The van der Waals surface area contributed by atoms with Crippen molar-refractivity contribution in [3.8, 4) is 0 Å². The lowest BCUT2D eigenvalue weighted by Gasteiger charge is -2.47. The maximum atomic E-state index is 11.1. The molecule has 3 fully saturated rings. The molecule has 2 aliphatic heterocycles. The van der Waals surface area contributed by atoms with Crippen LogP contribution in [0.2, 0.25) is 0 Å². The highest BCUT2D eigenvalue weighted by atomic mass is 32.2. The molecule has 0 aromatic rings. The van der Waals surface area contributed by atoms with E-state index >= 15 is 0 Å². The highest BCUT2D eigenvalue weighted by Crippen LogP contribution is 2.47. The second-order valence-electron chi connectivity index (χ2n) is 6.58. The third-order valence-corrected chi connectivity index (χ3v) is 6.59. The van der Waals surface area contributed by atoms with E-state index in [0.717, 1.165) is 57.3 Å². The van der Waals surface area contributed by atoms with Gasteiger partial charge in [-0.1, -0.05) is 0 Å². The van der Waals surface area contributed by atoms with Crippen LogP contribution in [0.5, 0.6) is 0 Å². The molecule has 4 heteroatoms. The van der Waals surface area contributed by atoms with Crippen LogP contribution in [-0.4, -0.2) is 47.6 Å². The summed E-state index contributed by atoms with van der Waals surface area (Å²) >= 11 is 2.00. The minimum atomic E-state index is -0.511. The van der Waals surface area contributed by atoms with Crippen LogP contribution in [0.25, 0.3) is 0 Å². The van der Waals surface area contributed by atoms with Crippen molar-refractivity contribution in [2.75, 3.05) is 25.2 Å². The van der Waals surface area contributed by atoms with Crippen molar-refractivity contribution < 1.29 is 14.6 Å². The summed E-state index contributed by atoms with van der Waals surface area (Å²) in [7, 11) is 1.77. The summed E-state index contributed by atoms with van der Waals surface area (Å²) in [6.45, 7) is 0.825. The Labute approximate surface area is 120 Å². The quantitative estimate of drug-likeness (QED) is 0.847. The van der Waals surface area contributed by atoms with Gasteiger partial charge in [0.25, 0.3) is 0 Å². The van der Waals surface area contributed by atoms with Gasteiger partial charge in [0, 0.05) is 25.9 Å². The van der Waals surface area contributed by atoms with Crippen LogP contribution in [0.15, 0.2) is 0 Å². The number of ether oxygens (including phenoxy) is 2. The van der Waals surface area contributed by atoms with Crippen LogP contribution in [0, 0.1) is 5.92 Å². The first-order valence-electron chi connectivity index (χ1n) is 7.63. The minimum Gasteiger partial charge on any atom is -0.389 e. The van der Waals surface area contributed by atoms with Gasteiger partial charge >= 0.3 is 0 Å². The van der Waals surface area contributed by atoms with Gasteiger partial charge in [0.2, 0.25) is 0 Å². The molecule has 0 bridgehead atoms. The molecule has 3 aliphatic rings. The number of methoxy groups -OCH3 is 1. The van der Waals surface area contributed by atoms with Gasteiger partial charge in [0.1, 0.15) is 0 Å². The smallest absolute Gasteiger partial charge is 0.0784 e. The van der Waals surface area contributed by atoms with Crippen molar-refractivity contribution in [1.29, 1.82) is 0 Å². The summed E-state index contributed by atoms with van der Waals surface area (Å²) < 4.78 is 11.6. The molecule has 4 unspecified atom stereocenters. The third kappa shape index (κ3) is 2.82. The van der Waals surface area contributed by atoms with E-state index in [9.17, 15) is 5.11 Å². The first-order chi connectivity index (χ1) is 9.16. The molecule has 3 nitrogen and oxygen atoms in total. The predicted octanol–water partition coefficient (Wildman–Crippen LogP) is 2.61. The van der Waals surface area contributed by atoms with Gasteiger partial charge in [-0.25, -0.2) is 0 Å². The molecular formula is C15H26O3S. The van der Waals surface area contributed by atoms with Crippen LogP contribution < -0.4 is 0 Å². The average Bonchev–Trinajstić information content (AvgIpc) is 2.87. The lowest BCUT2D eigenvalue weighted by molar-refractivity contribution is -0.156. The first-order valence-corrected chi connectivity index (χ1v) is 8.78. The Bertz CT molecular complexity index is 317. The maximum absolute atomic E-state index is 11.1. The fraction of sp³-hybridized carbons (Fsp3) is 1.00. The molecule has 1 aliphatic carbocycles. The summed E-state index contributed by atoms with van der Waals surface area (Å²) in [5, 5.41) is 11.1. The molecule has 0 radical (unpaired) electrons. The zero-order valence-corrected chi connectivity index (χ0v) is 12.7. The van der Waals surface area contributed by atoms with Crippen molar-refractivity contribution in [1.82, 2.24) is 0 Å². The second kappa shape index (κ2) is 5.55. The van der Waals surface area contributed by atoms with Crippen molar-refractivity contribution >= 4 is 11.8 Å². The van der Waals surface area contributed by atoms with E-state index in [1.165, 1.54) is 5.75 Å². The van der Waals surface area contributed by atoms with E-state index in [0.29, 0.717) is 5.92 Å². The Hall–Kier alpha value is 0.230. The zero-order valence-electron chi connectivity index (χ0n) is 11.9. The minimum absolute atomic E-state index is 0.0727. The molecule has 110 valence electrons. The highest BCUT2D eigenvalue weighted by Gasteiger charge is 2.48. The monoisotopic (exact) mass is 286 g/mol. The molecule has 2 heterocycles. The molecule has 3 rings (SSSR count). The third-order valence-electron chi connectivity index (χ3n) is 5.37. The van der Waals surface area contributed by atoms with Gasteiger partial charge in [0.05, 0.1) is 17.3 Å². The van der Waals surface area contributed by atoms with Crippen molar-refractivity contribution in [3.05, 3.63) is 0 Å². The molecular weight excluding hydrogens is 260 g/mol. The Morgan fingerprint density at radius 2 is 2.16 bits per heavy atom. The van der Waals surface area contributed by atoms with Gasteiger partial charge in [-0.15, -0.1) is 0 Å². The van der Waals surface area contributed by atoms with Crippen LogP contribution in [0.1, 0.15) is 44.9 Å². The Morgan fingerprint density at radius 1 is 1.26 bits per heavy atom. The predicted molar refractivity (Wildman–Crippen MR) is 77.6 cm³/mol. The van der Waals surface area contributed by atoms with Crippen molar-refractivity contribution in [3.63, 3.8) is 0 Å². The lowest BCUT2D eigenvalue weighted by atomic mass is 9.68. The first kappa shape index (κ1) is 14.2. The Balaban J connectivity index is 1.69. The number of rotatable bonds is 2. The zero-order chi connectivity index (χ0) is 13.3. The molecule has 4 atom stereocenters. The van der Waals surface area contributed by atoms with Gasteiger partial charge in [-0.05, 0) is 50.2 Å². The second-order valence-corrected chi connectivity index (χ2v) is 7.69. The molecule has 1 N–H and O–H groups in total. The topological polar surface area (TPSA) is 38.7 Å². The molecule has 2 saturated heterocycles. The summed E-state index contributed by atoms with van der Waals surface area (Å²) in [6.07, 6.45) is 7.43. The average molecular weight is 286 g/mol. The molecule has 1 spiro atoms. The number of hydrogen-bond donors (Lipinski definition) is 1. The molecule has 19 heavy (non-hydrogen) atoms. The van der Waals surface area contributed by atoms with Gasteiger partial charge in [0.15, 0.2) is 0 Å². The van der Waals surface area contributed by atoms with Gasteiger partial charge < -0.3 is 14.6 Å². The Morgan fingerprint density at radius 3 is 2.89 bits per heavy atom. The summed E-state index contributed by atoms with van der Waals surface area (Å²) in [5.74, 6) is 2.73. The molecule has 0 aromatic heterocycles. The molecule has 0 aromatic carbocycles. The summed E-state index contributed by atoms with van der Waals surface area (Å²) in [6, 6.07) is 0. The van der Waals surface area contributed by atoms with E-state index in [1.807, 2.05) is 11.8 Å². The number of hydrogen-bond acceptors (Lipinski definition) is 4. The molecule has 1 saturated carbocycles. The lowest BCUT2D eigenvalue weighted by Crippen LogP contribution is -2.51. The maximum Gasteiger partial charge on any atom is 0.0784 e. The van der Waals surface area contributed by atoms with Gasteiger partial charge in [-0.3, -0.25) is 0 Å². The SMILES string of the molecule is COC1CCCC(O)(C2CCOC3(CCSC3)C2)C1. The van der Waals surface area contributed by atoms with Crippen LogP contribution >= 0.6 is 11.8 Å². The standard InChI is InChI=1S/C15H26O3S/c1-17-13-3-2-5-15(16,10-13)12-4-7-18-14(9-12)6-8-19-11-14/h12-13,16H,2-11H2,1H3. The molecule has 0 amide bonds. The van der Waals surface area contributed by atoms with E-state index in [-0.39, 0.29) is 11.7 Å². The highest BCUT2D eigenvalue weighted by molar-refractivity contribution is 7.99. The summed E-state index contributed by atoms with van der Waals surface area (Å²) in [4.78, 5) is 0. The van der Waals surface area contributed by atoms with Crippen LogP contribution in [0.4, 0.5) is 0 Å². The normalized spacial score (nSPS) is 47.7. The fourth-order valence-corrected chi connectivity index (χ4v) is 5.53. The van der Waals surface area contributed by atoms with E-state index < -0.39 is 5.60 Å². The van der Waals surface area contributed by atoms with Crippen molar-refractivity contribution in [2.24, 2.45) is 5.92 Å². The van der Waals surface area contributed by atoms with E-state index in [1.54, 1.807) is 7.11 Å². The van der Waals surface area contributed by atoms with Crippen LogP contribution in [0.3, 0.4) is 0 Å². The fourth-order valence-electron chi connectivity index (χ4n) is 4.16. The van der Waals surface area contributed by atoms with Crippen molar-refractivity contribution in [2.45, 2.75) is 62.3 Å². The number of thioether (sulfide) groups is 1. The Kier molecular flexibility index (Phi) is 4.14. The largest absolute Gasteiger partial charge is 0.389 e. The summed E-state index contributed by atoms with van der Waals surface area (Å²) in [5.41, 5.74) is -0.438. The van der Waals surface area contributed by atoms with E-state index in [4.69, 9.17) is 9.47 Å². The van der Waals surface area contributed by atoms with Crippen LogP contribution in [-0.2, 0) is 9.47 Å². The number of aliphatic hydroxyl groups is 1. The van der Waals surface area contributed by atoms with E-state index in [2.05, 4.69) is 0 Å².